The molecule has 10 heteroatoms. The van der Waals surface area contributed by atoms with Crippen LogP contribution in [0.1, 0.15) is 6.92 Å². The molecule has 1 amide bonds. The van der Waals surface area contributed by atoms with E-state index in [2.05, 4.69) is 11.6 Å². The summed E-state index contributed by atoms with van der Waals surface area (Å²) in [5.74, 6) is -0.784. The van der Waals surface area contributed by atoms with Crippen molar-refractivity contribution in [3.63, 3.8) is 0 Å². The van der Waals surface area contributed by atoms with Crippen LogP contribution >= 0.6 is 23.1 Å². The van der Waals surface area contributed by atoms with Gasteiger partial charge in [-0.1, -0.05) is 48.2 Å². The number of thiophene rings is 1. The summed E-state index contributed by atoms with van der Waals surface area (Å²) in [5, 5.41) is 3.55. The van der Waals surface area contributed by atoms with Crippen molar-refractivity contribution in [2.45, 2.75) is 30.1 Å². The molecule has 0 aliphatic carbocycles. The molecule has 3 aromatic rings. The van der Waals surface area contributed by atoms with Crippen molar-refractivity contribution in [3.05, 3.63) is 58.7 Å². The van der Waals surface area contributed by atoms with Crippen LogP contribution in [0.2, 0.25) is 0 Å². The Bertz CT molecular complexity index is 1120. The largest absolute Gasteiger partial charge is 0.405 e. The Hall–Kier alpha value is -2.59. The molecule has 5 nitrogen and oxygen atoms in total. The highest BCUT2D eigenvalue weighted by Gasteiger charge is 2.29. The molecule has 0 bridgehead atoms. The zero-order valence-corrected chi connectivity index (χ0v) is 17.5. The lowest BCUT2D eigenvalue weighted by molar-refractivity contribution is -0.137. The van der Waals surface area contributed by atoms with Gasteiger partial charge < -0.3 is 5.32 Å². The number of carbonyl (C=O) groups excluding carboxylic acids is 1. The smallest absolute Gasteiger partial charge is 0.346 e. The molecule has 158 valence electrons. The van der Waals surface area contributed by atoms with Crippen LogP contribution in [-0.2, 0) is 11.3 Å². The molecule has 1 N–H and O–H groups in total. The number of aromatic nitrogens is 2. The Kier molecular flexibility index (Phi) is 6.67. The van der Waals surface area contributed by atoms with Crippen LogP contribution in [-0.4, -0.2) is 33.4 Å². The topological polar surface area (TPSA) is 64.0 Å². The lowest BCUT2D eigenvalue weighted by Crippen LogP contribution is -2.38. The zero-order chi connectivity index (χ0) is 21.9. The van der Waals surface area contributed by atoms with Gasteiger partial charge in [0.1, 0.15) is 11.4 Å². The molecule has 1 unspecified atom stereocenters. The van der Waals surface area contributed by atoms with Crippen LogP contribution in [0.25, 0.3) is 21.3 Å². The third kappa shape index (κ3) is 4.93. The van der Waals surface area contributed by atoms with Gasteiger partial charge in [0.25, 0.3) is 5.56 Å². The SMILES string of the molecule is C=CCn1c(SC(C)C(=O)NCC(F)(F)F)nc2scc(-c3ccccc3)c2c1=O. The summed E-state index contributed by atoms with van der Waals surface area (Å²) in [4.78, 5) is 30.3. The third-order valence-electron chi connectivity index (χ3n) is 4.17. The molecule has 0 radical (unpaired) electrons. The highest BCUT2D eigenvalue weighted by molar-refractivity contribution is 8.00. The summed E-state index contributed by atoms with van der Waals surface area (Å²) >= 11 is 2.23. The number of amides is 1. The van der Waals surface area contributed by atoms with E-state index >= 15 is 0 Å². The molecule has 0 fully saturated rings. The fraction of sp³-hybridized carbons (Fsp3) is 0.250. The first-order valence-electron chi connectivity index (χ1n) is 8.90. The molecule has 0 aliphatic heterocycles. The molecule has 3 rings (SSSR count). The van der Waals surface area contributed by atoms with E-state index in [4.69, 9.17) is 0 Å². The molecule has 2 aromatic heterocycles. The number of hydrogen-bond acceptors (Lipinski definition) is 5. The van der Waals surface area contributed by atoms with Gasteiger partial charge in [-0.3, -0.25) is 14.2 Å². The highest BCUT2D eigenvalue weighted by atomic mass is 32.2. The number of carbonyl (C=O) groups is 1. The fourth-order valence-electron chi connectivity index (χ4n) is 2.76. The monoisotopic (exact) mass is 453 g/mol. The fourth-order valence-corrected chi connectivity index (χ4v) is 4.69. The maximum Gasteiger partial charge on any atom is 0.405 e. The molecular formula is C20H18F3N3O2S2. The maximum absolute atomic E-state index is 13.2. The molecule has 2 heterocycles. The lowest BCUT2D eigenvalue weighted by atomic mass is 10.1. The second-order valence-corrected chi connectivity index (χ2v) is 8.55. The number of rotatable bonds is 7. The first kappa shape index (κ1) is 22.1. The van der Waals surface area contributed by atoms with E-state index in [0.717, 1.165) is 22.9 Å². The average molecular weight is 454 g/mol. The third-order valence-corrected chi connectivity index (χ3v) is 6.13. The standard InChI is InChI=1S/C20H18F3N3O2S2/c1-3-9-26-18(28)15-14(13-7-5-4-6-8-13)10-29-17(15)25-19(26)30-12(2)16(27)24-11-20(21,22)23/h3-8,10,12H,1,9,11H2,2H3,(H,24,27). The minimum Gasteiger partial charge on any atom is -0.346 e. The lowest BCUT2D eigenvalue weighted by Gasteiger charge is -2.15. The van der Waals surface area contributed by atoms with Crippen molar-refractivity contribution in [2.75, 3.05) is 6.54 Å². The van der Waals surface area contributed by atoms with Gasteiger partial charge in [-0.25, -0.2) is 4.98 Å². The number of nitrogens with one attached hydrogen (secondary N) is 1. The van der Waals surface area contributed by atoms with Gasteiger partial charge in [0.15, 0.2) is 5.16 Å². The van der Waals surface area contributed by atoms with E-state index < -0.39 is 23.9 Å². The number of allylic oxidation sites excluding steroid dienone is 1. The van der Waals surface area contributed by atoms with E-state index in [1.165, 1.54) is 28.9 Å². The van der Waals surface area contributed by atoms with Crippen LogP contribution in [0, 0.1) is 0 Å². The number of fused-ring (bicyclic) bond motifs is 1. The second-order valence-electron chi connectivity index (χ2n) is 6.39. The van der Waals surface area contributed by atoms with E-state index in [-0.39, 0.29) is 17.3 Å². The molecule has 30 heavy (non-hydrogen) atoms. The Morgan fingerprint density at radius 1 is 1.37 bits per heavy atom. The van der Waals surface area contributed by atoms with Crippen molar-refractivity contribution >= 4 is 39.2 Å². The van der Waals surface area contributed by atoms with Crippen molar-refractivity contribution < 1.29 is 18.0 Å². The molecule has 1 aromatic carbocycles. The number of alkyl halides is 3. The van der Waals surface area contributed by atoms with Gasteiger partial charge in [-0.2, -0.15) is 13.2 Å². The Morgan fingerprint density at radius 2 is 2.07 bits per heavy atom. The number of halogens is 3. The Balaban J connectivity index is 1.97. The minimum atomic E-state index is -4.49. The predicted octanol–water partition coefficient (Wildman–Crippen LogP) is 4.47. The number of benzene rings is 1. The van der Waals surface area contributed by atoms with Gasteiger partial charge in [-0.15, -0.1) is 17.9 Å². The van der Waals surface area contributed by atoms with Crippen molar-refractivity contribution in [1.82, 2.24) is 14.9 Å². The van der Waals surface area contributed by atoms with E-state index in [9.17, 15) is 22.8 Å². The number of thioether (sulfide) groups is 1. The number of nitrogens with zero attached hydrogens (tertiary/aromatic N) is 2. The summed E-state index contributed by atoms with van der Waals surface area (Å²) in [5.41, 5.74) is 1.36. The van der Waals surface area contributed by atoms with E-state index in [1.54, 1.807) is 0 Å². The molecular weight excluding hydrogens is 435 g/mol. The summed E-state index contributed by atoms with van der Waals surface area (Å²) in [6.07, 6.45) is -2.96. The van der Waals surface area contributed by atoms with Crippen LogP contribution in [0.3, 0.4) is 0 Å². The van der Waals surface area contributed by atoms with Crippen LogP contribution < -0.4 is 10.9 Å². The molecule has 0 saturated carbocycles. The van der Waals surface area contributed by atoms with Crippen molar-refractivity contribution in [3.8, 4) is 11.1 Å². The van der Waals surface area contributed by atoms with Crippen LogP contribution in [0.15, 0.2) is 58.3 Å². The minimum absolute atomic E-state index is 0.158. The van der Waals surface area contributed by atoms with Crippen molar-refractivity contribution in [2.24, 2.45) is 0 Å². The van der Waals surface area contributed by atoms with Crippen LogP contribution in [0.5, 0.6) is 0 Å². The van der Waals surface area contributed by atoms with Gasteiger partial charge in [0.05, 0.1) is 10.6 Å². The van der Waals surface area contributed by atoms with E-state index in [0.29, 0.717) is 10.2 Å². The Morgan fingerprint density at radius 3 is 2.70 bits per heavy atom. The second kappa shape index (κ2) is 9.05. The summed E-state index contributed by atoms with van der Waals surface area (Å²) in [6.45, 7) is 3.87. The number of hydrogen-bond donors (Lipinski definition) is 1. The normalized spacial score (nSPS) is 12.7. The quantitative estimate of drug-likeness (QED) is 0.326. The molecule has 0 saturated heterocycles. The highest BCUT2D eigenvalue weighted by Crippen LogP contribution is 2.32. The molecule has 0 aliphatic rings. The molecule has 0 spiro atoms. The van der Waals surface area contributed by atoms with E-state index in [1.807, 2.05) is 41.0 Å². The first-order chi connectivity index (χ1) is 14.2. The zero-order valence-electron chi connectivity index (χ0n) is 15.9. The van der Waals surface area contributed by atoms with Gasteiger partial charge in [0.2, 0.25) is 5.91 Å². The first-order valence-corrected chi connectivity index (χ1v) is 10.7. The van der Waals surface area contributed by atoms with Gasteiger partial charge in [0, 0.05) is 17.5 Å². The van der Waals surface area contributed by atoms with Crippen LogP contribution in [0.4, 0.5) is 13.2 Å². The summed E-state index contributed by atoms with van der Waals surface area (Å²) < 4.78 is 38.4. The van der Waals surface area contributed by atoms with Crippen molar-refractivity contribution in [1.29, 1.82) is 0 Å². The Labute approximate surface area is 178 Å². The molecule has 1 atom stereocenters. The van der Waals surface area contributed by atoms with Gasteiger partial charge in [-0.05, 0) is 12.5 Å². The summed E-state index contributed by atoms with van der Waals surface area (Å²) in [7, 11) is 0. The van der Waals surface area contributed by atoms with Gasteiger partial charge >= 0.3 is 6.18 Å². The average Bonchev–Trinajstić information content (AvgIpc) is 3.13. The maximum atomic E-state index is 13.2. The predicted molar refractivity (Wildman–Crippen MR) is 114 cm³/mol. The summed E-state index contributed by atoms with van der Waals surface area (Å²) in [6, 6.07) is 9.43.